The van der Waals surface area contributed by atoms with E-state index in [4.69, 9.17) is 0 Å². The first kappa shape index (κ1) is 19.7. The molecule has 1 aliphatic heterocycles. The fourth-order valence-electron chi connectivity index (χ4n) is 2.88. The van der Waals surface area contributed by atoms with Gasteiger partial charge in [0.15, 0.2) is 0 Å². The molecule has 0 spiro atoms. The molecule has 0 unspecified atom stereocenters. The van der Waals surface area contributed by atoms with Crippen molar-refractivity contribution in [2.24, 2.45) is 0 Å². The molecule has 0 saturated carbocycles. The second-order valence-electron chi connectivity index (χ2n) is 6.03. The quantitative estimate of drug-likeness (QED) is 0.786. The van der Waals surface area contributed by atoms with Gasteiger partial charge in [-0.3, -0.25) is 4.79 Å². The number of alkyl halides is 2. The standard InChI is InChI=1S/C17H18F2N2O4S2/c18-17(19)25-14-4-1-3-12(11-14)16(22)21-8-6-13(7-9-21)20-27(23,24)15-5-2-10-26-15/h1-5,10-11,13,17,20H,6-9H2. The second kappa shape index (κ2) is 8.32. The summed E-state index contributed by atoms with van der Waals surface area (Å²) in [5.74, 6) is -0.372. The Labute approximate surface area is 159 Å². The summed E-state index contributed by atoms with van der Waals surface area (Å²) in [4.78, 5) is 14.1. The zero-order valence-electron chi connectivity index (χ0n) is 14.2. The summed E-state index contributed by atoms with van der Waals surface area (Å²) < 4.78 is 56.4. The molecule has 1 amide bonds. The predicted octanol–water partition coefficient (Wildman–Crippen LogP) is 2.93. The largest absolute Gasteiger partial charge is 0.435 e. The predicted molar refractivity (Wildman–Crippen MR) is 96.6 cm³/mol. The van der Waals surface area contributed by atoms with E-state index in [-0.39, 0.29) is 27.5 Å². The number of halogens is 2. The lowest BCUT2D eigenvalue weighted by atomic mass is 10.0. The van der Waals surface area contributed by atoms with Gasteiger partial charge in [0.05, 0.1) is 0 Å². The Morgan fingerprint density at radius 1 is 1.22 bits per heavy atom. The topological polar surface area (TPSA) is 75.7 Å². The van der Waals surface area contributed by atoms with Crippen LogP contribution in [0.2, 0.25) is 0 Å². The van der Waals surface area contributed by atoms with E-state index in [0.717, 1.165) is 11.3 Å². The van der Waals surface area contributed by atoms with Crippen LogP contribution in [0.25, 0.3) is 0 Å². The maximum Gasteiger partial charge on any atom is 0.387 e. The Bertz CT molecular complexity index is 880. The van der Waals surface area contributed by atoms with E-state index >= 15 is 0 Å². The molecule has 1 fully saturated rings. The number of nitrogens with one attached hydrogen (secondary N) is 1. The van der Waals surface area contributed by atoms with Gasteiger partial charge < -0.3 is 9.64 Å². The minimum Gasteiger partial charge on any atom is -0.435 e. The van der Waals surface area contributed by atoms with Crippen molar-refractivity contribution in [3.05, 3.63) is 47.3 Å². The summed E-state index contributed by atoms with van der Waals surface area (Å²) in [5, 5.41) is 1.70. The van der Waals surface area contributed by atoms with Crippen LogP contribution in [-0.4, -0.2) is 45.0 Å². The monoisotopic (exact) mass is 416 g/mol. The number of likely N-dealkylation sites (tertiary alicyclic amines) is 1. The number of benzene rings is 1. The molecule has 2 aromatic rings. The van der Waals surface area contributed by atoms with Gasteiger partial charge in [-0.1, -0.05) is 12.1 Å². The molecule has 10 heteroatoms. The highest BCUT2D eigenvalue weighted by Crippen LogP contribution is 2.21. The molecule has 3 rings (SSSR count). The van der Waals surface area contributed by atoms with E-state index in [2.05, 4.69) is 9.46 Å². The molecule has 146 valence electrons. The highest BCUT2D eigenvalue weighted by molar-refractivity contribution is 7.91. The number of nitrogens with zero attached hydrogens (tertiary/aromatic N) is 1. The molecule has 0 bridgehead atoms. The maximum atomic E-state index is 12.6. The number of amides is 1. The van der Waals surface area contributed by atoms with Crippen LogP contribution < -0.4 is 9.46 Å². The fourth-order valence-corrected chi connectivity index (χ4v) is 5.20. The number of carbonyl (C=O) groups excluding carboxylic acids is 1. The molecule has 1 N–H and O–H groups in total. The van der Waals surface area contributed by atoms with Crippen LogP contribution in [0.15, 0.2) is 46.0 Å². The molecular formula is C17H18F2N2O4S2. The van der Waals surface area contributed by atoms with E-state index in [0.29, 0.717) is 25.9 Å². The van der Waals surface area contributed by atoms with Crippen LogP contribution in [0.5, 0.6) is 5.75 Å². The van der Waals surface area contributed by atoms with Crippen molar-refractivity contribution in [1.29, 1.82) is 0 Å². The zero-order chi connectivity index (χ0) is 19.4. The molecule has 1 aromatic heterocycles. The Morgan fingerprint density at radius 3 is 2.59 bits per heavy atom. The molecule has 27 heavy (non-hydrogen) atoms. The summed E-state index contributed by atoms with van der Waals surface area (Å²) in [6.07, 6.45) is 0.952. The Balaban J connectivity index is 1.58. The van der Waals surface area contributed by atoms with Gasteiger partial charge in [0.25, 0.3) is 5.91 Å². The van der Waals surface area contributed by atoms with Crippen molar-refractivity contribution < 1.29 is 26.7 Å². The molecule has 6 nitrogen and oxygen atoms in total. The van der Waals surface area contributed by atoms with Gasteiger partial charge in [-0.15, -0.1) is 11.3 Å². The molecule has 2 heterocycles. The number of piperidine rings is 1. The third kappa shape index (κ3) is 5.02. The highest BCUT2D eigenvalue weighted by Gasteiger charge is 2.27. The lowest BCUT2D eigenvalue weighted by molar-refractivity contribution is -0.0499. The molecule has 1 aliphatic rings. The maximum absolute atomic E-state index is 12.6. The van der Waals surface area contributed by atoms with Gasteiger partial charge in [0, 0.05) is 24.7 Å². The van der Waals surface area contributed by atoms with Crippen molar-refractivity contribution >= 4 is 27.3 Å². The average molecular weight is 416 g/mol. The average Bonchev–Trinajstić information content (AvgIpc) is 3.17. The Kier molecular flexibility index (Phi) is 6.08. The Hall–Kier alpha value is -2.04. The van der Waals surface area contributed by atoms with Crippen molar-refractivity contribution in [2.75, 3.05) is 13.1 Å². The number of hydrogen-bond donors (Lipinski definition) is 1. The summed E-state index contributed by atoms with van der Waals surface area (Å²) in [6.45, 7) is -2.21. The van der Waals surface area contributed by atoms with Crippen molar-refractivity contribution in [3.63, 3.8) is 0 Å². The SMILES string of the molecule is O=C(c1cccc(OC(F)F)c1)N1CCC(NS(=O)(=O)c2cccs2)CC1. The van der Waals surface area contributed by atoms with Crippen LogP contribution in [0.4, 0.5) is 8.78 Å². The third-order valence-electron chi connectivity index (χ3n) is 4.17. The molecule has 1 saturated heterocycles. The van der Waals surface area contributed by atoms with Crippen LogP contribution in [0.3, 0.4) is 0 Å². The second-order valence-corrected chi connectivity index (χ2v) is 8.91. The van der Waals surface area contributed by atoms with Crippen LogP contribution in [-0.2, 0) is 10.0 Å². The highest BCUT2D eigenvalue weighted by atomic mass is 32.2. The van der Waals surface area contributed by atoms with E-state index in [1.807, 2.05) is 0 Å². The first-order valence-electron chi connectivity index (χ1n) is 8.25. The fraction of sp³-hybridized carbons (Fsp3) is 0.353. The van der Waals surface area contributed by atoms with E-state index in [1.54, 1.807) is 22.4 Å². The minimum absolute atomic E-state index is 0.0746. The lowest BCUT2D eigenvalue weighted by Crippen LogP contribution is -2.46. The third-order valence-corrected chi connectivity index (χ3v) is 7.09. The number of ether oxygens (including phenoxy) is 1. The Morgan fingerprint density at radius 2 is 1.96 bits per heavy atom. The number of sulfonamides is 1. The van der Waals surface area contributed by atoms with Crippen molar-refractivity contribution in [1.82, 2.24) is 9.62 Å². The summed E-state index contributed by atoms with van der Waals surface area (Å²) in [7, 11) is -3.55. The number of hydrogen-bond acceptors (Lipinski definition) is 5. The molecule has 1 aromatic carbocycles. The van der Waals surface area contributed by atoms with Crippen LogP contribution >= 0.6 is 11.3 Å². The van der Waals surface area contributed by atoms with Gasteiger partial charge in [0.2, 0.25) is 10.0 Å². The zero-order valence-corrected chi connectivity index (χ0v) is 15.8. The summed E-state index contributed by atoms with van der Waals surface area (Å²) >= 11 is 1.15. The van der Waals surface area contributed by atoms with Gasteiger partial charge in [-0.25, -0.2) is 13.1 Å². The first-order chi connectivity index (χ1) is 12.8. The van der Waals surface area contributed by atoms with Crippen molar-refractivity contribution in [2.45, 2.75) is 29.7 Å². The normalized spacial score (nSPS) is 15.9. The first-order valence-corrected chi connectivity index (χ1v) is 10.6. The smallest absolute Gasteiger partial charge is 0.387 e. The summed E-state index contributed by atoms with van der Waals surface area (Å²) in [6, 6.07) is 8.61. The lowest BCUT2D eigenvalue weighted by Gasteiger charge is -2.32. The van der Waals surface area contributed by atoms with E-state index < -0.39 is 16.6 Å². The number of thiophene rings is 1. The van der Waals surface area contributed by atoms with Crippen molar-refractivity contribution in [3.8, 4) is 5.75 Å². The molecule has 0 radical (unpaired) electrons. The molecule has 0 atom stereocenters. The van der Waals surface area contributed by atoms with Gasteiger partial charge in [0.1, 0.15) is 9.96 Å². The molecule has 0 aliphatic carbocycles. The van der Waals surface area contributed by atoms with Gasteiger partial charge in [-0.05, 0) is 42.5 Å². The summed E-state index contributed by atoms with van der Waals surface area (Å²) in [5.41, 5.74) is 0.255. The van der Waals surface area contributed by atoms with Crippen LogP contribution in [0, 0.1) is 0 Å². The number of rotatable bonds is 6. The minimum atomic E-state index is -3.55. The van der Waals surface area contributed by atoms with E-state index in [9.17, 15) is 22.0 Å². The van der Waals surface area contributed by atoms with Gasteiger partial charge in [-0.2, -0.15) is 8.78 Å². The van der Waals surface area contributed by atoms with Crippen LogP contribution in [0.1, 0.15) is 23.2 Å². The molecular weight excluding hydrogens is 398 g/mol. The number of carbonyl (C=O) groups is 1. The van der Waals surface area contributed by atoms with E-state index in [1.165, 1.54) is 24.3 Å². The van der Waals surface area contributed by atoms with Gasteiger partial charge >= 0.3 is 6.61 Å².